The van der Waals surface area contributed by atoms with Crippen LogP contribution in [0.2, 0.25) is 0 Å². The van der Waals surface area contributed by atoms with Gasteiger partial charge in [-0.25, -0.2) is 0 Å². The molecule has 2 fully saturated rings. The van der Waals surface area contributed by atoms with Crippen molar-refractivity contribution in [2.45, 2.75) is 54.9 Å². The topological polar surface area (TPSA) is 62.2 Å². The van der Waals surface area contributed by atoms with Gasteiger partial charge in [0.1, 0.15) is 6.10 Å². The van der Waals surface area contributed by atoms with Gasteiger partial charge in [0.25, 0.3) is 0 Å². The Balaban J connectivity index is 1.84. The lowest BCUT2D eigenvalue weighted by molar-refractivity contribution is -0.204. The second-order valence-corrected chi connectivity index (χ2v) is 7.62. The van der Waals surface area contributed by atoms with E-state index in [0.29, 0.717) is 18.6 Å². The summed E-state index contributed by atoms with van der Waals surface area (Å²) in [6.45, 7) is 0.912. The molecule has 1 saturated carbocycles. The van der Waals surface area contributed by atoms with Gasteiger partial charge in [-0.1, -0.05) is 6.07 Å². The zero-order chi connectivity index (χ0) is 16.0. The van der Waals surface area contributed by atoms with Crippen LogP contribution < -0.4 is 9.47 Å². The van der Waals surface area contributed by atoms with Crippen molar-refractivity contribution < 1.29 is 19.7 Å². The third kappa shape index (κ3) is 1.37. The van der Waals surface area contributed by atoms with Crippen molar-refractivity contribution in [3.63, 3.8) is 0 Å². The number of nitrogens with zero attached hydrogens (tertiary/aromatic N) is 1. The normalized spacial score (nSPS) is 43.7. The molecular weight excluding hydrogens is 294 g/mol. The molecule has 2 N–H and O–H groups in total. The fraction of sp³-hybridized carbons (Fsp3) is 0.667. The number of likely N-dealkylation sites (N-methyl/N-ethyl adjacent to an activating group) is 1. The summed E-state index contributed by atoms with van der Waals surface area (Å²) < 4.78 is 11.8. The Labute approximate surface area is 135 Å². The second kappa shape index (κ2) is 4.21. The zero-order valence-electron chi connectivity index (χ0n) is 13.6. The number of aliphatic hydroxyl groups is 2. The molecule has 1 spiro atoms. The van der Waals surface area contributed by atoms with Gasteiger partial charge in [-0.05, 0) is 50.9 Å². The Morgan fingerprint density at radius 1 is 1.35 bits per heavy atom. The Morgan fingerprint density at radius 2 is 2.17 bits per heavy atom. The highest BCUT2D eigenvalue weighted by Gasteiger charge is 2.72. The standard InChI is InChI=1S/C18H23NO4/c1-19-8-7-17-14-10-3-4-12(22-2)15(14)23-16(17)11(20)5-6-18(17,21)13(19)9-10/h3-4,11,13,16,20-21H,5-9H2,1-2H3/t11-,13+,16-,17-,18+/m0/s1. The summed E-state index contributed by atoms with van der Waals surface area (Å²) in [5.74, 6) is 1.46. The maximum Gasteiger partial charge on any atom is 0.166 e. The highest BCUT2D eigenvalue weighted by atomic mass is 16.5. The van der Waals surface area contributed by atoms with E-state index in [0.717, 1.165) is 30.7 Å². The minimum atomic E-state index is -0.839. The van der Waals surface area contributed by atoms with Crippen molar-refractivity contribution in [3.05, 3.63) is 23.3 Å². The molecule has 124 valence electrons. The summed E-state index contributed by atoms with van der Waals surface area (Å²) in [5.41, 5.74) is 0.999. The molecule has 2 aliphatic carbocycles. The Morgan fingerprint density at radius 3 is 2.96 bits per heavy atom. The van der Waals surface area contributed by atoms with Crippen molar-refractivity contribution >= 4 is 0 Å². The lowest BCUT2D eigenvalue weighted by Gasteiger charge is -2.63. The first-order valence-corrected chi connectivity index (χ1v) is 8.50. The average molecular weight is 317 g/mol. The van der Waals surface area contributed by atoms with Crippen LogP contribution in [-0.4, -0.2) is 59.7 Å². The molecule has 5 atom stereocenters. The van der Waals surface area contributed by atoms with Gasteiger partial charge in [0, 0.05) is 11.6 Å². The van der Waals surface area contributed by atoms with E-state index in [4.69, 9.17) is 9.47 Å². The quantitative estimate of drug-likeness (QED) is 0.804. The van der Waals surface area contributed by atoms with Crippen molar-refractivity contribution in [2.24, 2.45) is 0 Å². The number of aliphatic hydroxyl groups excluding tert-OH is 1. The van der Waals surface area contributed by atoms with Gasteiger partial charge in [-0.15, -0.1) is 0 Å². The molecule has 0 aromatic heterocycles. The predicted molar refractivity (Wildman–Crippen MR) is 84.0 cm³/mol. The predicted octanol–water partition coefficient (Wildman–Crippen LogP) is 0.840. The van der Waals surface area contributed by atoms with Crippen LogP contribution in [0, 0.1) is 0 Å². The average Bonchev–Trinajstić information content (AvgIpc) is 2.90. The molecule has 0 radical (unpaired) electrons. The van der Waals surface area contributed by atoms with E-state index in [-0.39, 0.29) is 12.1 Å². The number of likely N-dealkylation sites (tertiary alicyclic amines) is 1. The lowest BCUT2D eigenvalue weighted by atomic mass is 9.49. The fourth-order valence-corrected chi connectivity index (χ4v) is 5.88. The van der Waals surface area contributed by atoms with E-state index in [1.807, 2.05) is 6.07 Å². The van der Waals surface area contributed by atoms with Gasteiger partial charge in [0.05, 0.1) is 24.2 Å². The van der Waals surface area contributed by atoms with Gasteiger partial charge >= 0.3 is 0 Å². The molecule has 1 aromatic carbocycles. The molecule has 2 heterocycles. The number of hydrogen-bond donors (Lipinski definition) is 2. The van der Waals surface area contributed by atoms with Crippen LogP contribution in [0.25, 0.3) is 0 Å². The third-order valence-corrected chi connectivity index (χ3v) is 6.90. The maximum absolute atomic E-state index is 11.8. The van der Waals surface area contributed by atoms with E-state index in [2.05, 4.69) is 18.0 Å². The Bertz CT molecular complexity index is 692. The van der Waals surface area contributed by atoms with Gasteiger partial charge in [-0.2, -0.15) is 0 Å². The van der Waals surface area contributed by atoms with Crippen LogP contribution >= 0.6 is 0 Å². The molecule has 1 saturated heterocycles. The van der Waals surface area contributed by atoms with Gasteiger partial charge in [0.2, 0.25) is 0 Å². The van der Waals surface area contributed by atoms with E-state index in [1.165, 1.54) is 5.56 Å². The van der Waals surface area contributed by atoms with E-state index in [9.17, 15) is 10.2 Å². The number of rotatable bonds is 1. The van der Waals surface area contributed by atoms with Crippen LogP contribution in [0.5, 0.6) is 11.5 Å². The van der Waals surface area contributed by atoms with Gasteiger partial charge in [-0.3, -0.25) is 0 Å². The van der Waals surface area contributed by atoms with Crippen molar-refractivity contribution in [2.75, 3.05) is 20.7 Å². The minimum Gasteiger partial charge on any atom is -0.493 e. The number of hydrogen-bond acceptors (Lipinski definition) is 5. The highest BCUT2D eigenvalue weighted by molar-refractivity contribution is 5.62. The molecule has 2 bridgehead atoms. The molecular formula is C18H23NO4. The second-order valence-electron chi connectivity index (χ2n) is 7.62. The largest absolute Gasteiger partial charge is 0.493 e. The first-order valence-electron chi connectivity index (χ1n) is 8.50. The molecule has 1 aromatic rings. The minimum absolute atomic E-state index is 0.0849. The molecule has 0 unspecified atom stereocenters. The molecule has 2 aliphatic heterocycles. The third-order valence-electron chi connectivity index (χ3n) is 6.90. The van der Waals surface area contributed by atoms with Crippen LogP contribution in [0.1, 0.15) is 30.4 Å². The van der Waals surface area contributed by atoms with E-state index >= 15 is 0 Å². The van der Waals surface area contributed by atoms with Crippen LogP contribution in [-0.2, 0) is 11.8 Å². The smallest absolute Gasteiger partial charge is 0.166 e. The molecule has 23 heavy (non-hydrogen) atoms. The van der Waals surface area contributed by atoms with Crippen molar-refractivity contribution in [1.82, 2.24) is 4.90 Å². The zero-order valence-corrected chi connectivity index (χ0v) is 13.6. The maximum atomic E-state index is 11.8. The fourth-order valence-electron chi connectivity index (χ4n) is 5.88. The number of methoxy groups -OCH3 is 1. The molecule has 5 heteroatoms. The first kappa shape index (κ1) is 14.1. The summed E-state index contributed by atoms with van der Waals surface area (Å²) in [5, 5.41) is 22.4. The van der Waals surface area contributed by atoms with Crippen molar-refractivity contribution in [1.29, 1.82) is 0 Å². The monoisotopic (exact) mass is 317 g/mol. The highest BCUT2D eigenvalue weighted by Crippen LogP contribution is 2.65. The van der Waals surface area contributed by atoms with Crippen LogP contribution in [0.4, 0.5) is 0 Å². The van der Waals surface area contributed by atoms with E-state index in [1.54, 1.807) is 7.11 Å². The summed E-state index contributed by atoms with van der Waals surface area (Å²) in [4.78, 5) is 2.28. The molecule has 5 nitrogen and oxygen atoms in total. The Hall–Kier alpha value is -1.30. The molecule has 0 amide bonds. The van der Waals surface area contributed by atoms with E-state index < -0.39 is 17.1 Å². The van der Waals surface area contributed by atoms with Gasteiger partial charge in [0.15, 0.2) is 11.5 Å². The number of piperidine rings is 1. The SMILES string of the molecule is COc1ccc2c3c1O[C@H]1[C@@H](O)CC[C@@]4(O)[C@@H](C2)N(C)CC[C@]314. The first-order chi connectivity index (χ1) is 11.0. The lowest BCUT2D eigenvalue weighted by Crippen LogP contribution is -2.76. The summed E-state index contributed by atoms with van der Waals surface area (Å²) in [7, 11) is 3.74. The van der Waals surface area contributed by atoms with Gasteiger partial charge < -0.3 is 24.6 Å². The summed E-state index contributed by atoms with van der Waals surface area (Å²) in [6, 6.07) is 4.15. The Kier molecular flexibility index (Phi) is 2.57. The van der Waals surface area contributed by atoms with Crippen molar-refractivity contribution in [3.8, 4) is 11.5 Å². The number of benzene rings is 1. The molecule has 4 aliphatic rings. The number of ether oxygens (including phenoxy) is 2. The van der Waals surface area contributed by atoms with Crippen LogP contribution in [0.3, 0.4) is 0 Å². The molecule has 5 rings (SSSR count). The van der Waals surface area contributed by atoms with Crippen LogP contribution in [0.15, 0.2) is 12.1 Å². The summed E-state index contributed by atoms with van der Waals surface area (Å²) >= 11 is 0. The summed E-state index contributed by atoms with van der Waals surface area (Å²) in [6.07, 6.45) is 1.93.